The van der Waals surface area contributed by atoms with E-state index in [0.717, 1.165) is 22.0 Å². The number of fused-ring (bicyclic) bond motifs is 1. The van der Waals surface area contributed by atoms with Gasteiger partial charge in [0, 0.05) is 18.0 Å². The minimum Gasteiger partial charge on any atom is -0.481 e. The van der Waals surface area contributed by atoms with Crippen molar-refractivity contribution in [1.29, 1.82) is 0 Å². The zero-order valence-corrected chi connectivity index (χ0v) is 12.2. The van der Waals surface area contributed by atoms with Gasteiger partial charge in [-0.2, -0.15) is 0 Å². The third-order valence-corrected chi connectivity index (χ3v) is 3.72. The summed E-state index contributed by atoms with van der Waals surface area (Å²) in [5.74, 6) is -1.45. The first kappa shape index (κ1) is 14.3. The molecule has 0 radical (unpaired) electrons. The highest BCUT2D eigenvalue weighted by atomic mass is 16.4. The van der Waals surface area contributed by atoms with E-state index in [1.54, 1.807) is 18.5 Å². The first-order chi connectivity index (χ1) is 9.31. The number of aliphatic carboxylic acids is 1. The van der Waals surface area contributed by atoms with Gasteiger partial charge in [0.2, 0.25) is 0 Å². The second-order valence-electron chi connectivity index (χ2n) is 5.49. The van der Waals surface area contributed by atoms with Crippen molar-refractivity contribution in [3.05, 3.63) is 45.2 Å². The van der Waals surface area contributed by atoms with E-state index >= 15 is 0 Å². The van der Waals surface area contributed by atoms with E-state index in [4.69, 9.17) is 5.11 Å². The number of pyridine rings is 1. The summed E-state index contributed by atoms with van der Waals surface area (Å²) in [6, 6.07) is 5.89. The highest BCUT2D eigenvalue weighted by molar-refractivity contribution is 5.84. The van der Waals surface area contributed by atoms with Crippen molar-refractivity contribution < 1.29 is 9.90 Å². The fourth-order valence-corrected chi connectivity index (χ4v) is 2.55. The Kier molecular flexibility index (Phi) is 3.66. The van der Waals surface area contributed by atoms with Gasteiger partial charge < -0.3 is 9.67 Å². The molecule has 0 bridgehead atoms. The van der Waals surface area contributed by atoms with Crippen LogP contribution < -0.4 is 5.56 Å². The highest BCUT2D eigenvalue weighted by Crippen LogP contribution is 2.20. The van der Waals surface area contributed by atoms with Crippen LogP contribution in [0.4, 0.5) is 0 Å². The number of aryl methyl sites for hydroxylation is 3. The van der Waals surface area contributed by atoms with E-state index in [2.05, 4.69) is 6.07 Å². The fraction of sp³-hybridized carbons (Fsp3) is 0.375. The first-order valence-electron chi connectivity index (χ1n) is 6.64. The number of rotatable bonds is 3. The minimum absolute atomic E-state index is 0.115. The van der Waals surface area contributed by atoms with E-state index in [-0.39, 0.29) is 12.0 Å². The van der Waals surface area contributed by atoms with Gasteiger partial charge in [-0.05, 0) is 43.5 Å². The monoisotopic (exact) mass is 273 g/mol. The molecule has 4 heteroatoms. The Morgan fingerprint density at radius 2 is 1.95 bits per heavy atom. The largest absolute Gasteiger partial charge is 0.481 e. The molecule has 0 amide bonds. The van der Waals surface area contributed by atoms with Crippen LogP contribution in [0.15, 0.2) is 23.0 Å². The Balaban J connectivity index is 2.67. The Morgan fingerprint density at radius 1 is 1.30 bits per heavy atom. The Morgan fingerprint density at radius 3 is 2.55 bits per heavy atom. The number of benzene rings is 1. The van der Waals surface area contributed by atoms with Crippen molar-refractivity contribution in [3.8, 4) is 0 Å². The first-order valence-corrected chi connectivity index (χ1v) is 6.64. The van der Waals surface area contributed by atoms with Gasteiger partial charge in [0.1, 0.15) is 0 Å². The van der Waals surface area contributed by atoms with Crippen LogP contribution in [0, 0.1) is 19.8 Å². The van der Waals surface area contributed by atoms with Gasteiger partial charge in [-0.25, -0.2) is 0 Å². The number of carboxylic acid groups (broad SMARTS) is 1. The molecule has 0 aliphatic heterocycles. The zero-order valence-electron chi connectivity index (χ0n) is 12.2. The van der Waals surface area contributed by atoms with Gasteiger partial charge in [0.05, 0.1) is 11.4 Å². The van der Waals surface area contributed by atoms with Crippen molar-refractivity contribution in [2.24, 2.45) is 13.0 Å². The summed E-state index contributed by atoms with van der Waals surface area (Å²) in [7, 11) is 1.73. The summed E-state index contributed by atoms with van der Waals surface area (Å²) < 4.78 is 1.61. The predicted octanol–water partition coefficient (Wildman–Crippen LogP) is 2.42. The molecule has 0 fully saturated rings. The van der Waals surface area contributed by atoms with Crippen LogP contribution in [0.5, 0.6) is 0 Å². The normalized spacial score (nSPS) is 12.6. The summed E-state index contributed by atoms with van der Waals surface area (Å²) in [6.07, 6.45) is 0.255. The average Bonchev–Trinajstić information content (AvgIpc) is 2.36. The summed E-state index contributed by atoms with van der Waals surface area (Å²) in [4.78, 5) is 23.3. The highest BCUT2D eigenvalue weighted by Gasteiger charge is 2.16. The number of nitrogens with zero attached hydrogens (tertiary/aromatic N) is 1. The molecule has 1 aromatic carbocycles. The zero-order chi connectivity index (χ0) is 15.0. The van der Waals surface area contributed by atoms with Crippen LogP contribution in [0.25, 0.3) is 10.9 Å². The third-order valence-electron chi connectivity index (χ3n) is 3.72. The summed E-state index contributed by atoms with van der Waals surface area (Å²) in [6.45, 7) is 5.62. The third kappa shape index (κ3) is 2.46. The lowest BCUT2D eigenvalue weighted by Gasteiger charge is -2.13. The van der Waals surface area contributed by atoms with E-state index < -0.39 is 11.9 Å². The lowest BCUT2D eigenvalue weighted by atomic mass is 9.98. The molecular weight excluding hydrogens is 254 g/mol. The maximum absolute atomic E-state index is 12.3. The van der Waals surface area contributed by atoms with Gasteiger partial charge in [-0.15, -0.1) is 0 Å². The van der Waals surface area contributed by atoms with Crippen LogP contribution in [0.2, 0.25) is 0 Å². The number of carboxylic acids is 1. The van der Waals surface area contributed by atoms with Crippen molar-refractivity contribution in [2.75, 3.05) is 0 Å². The molecule has 2 aromatic rings. The van der Waals surface area contributed by atoms with Gasteiger partial charge >= 0.3 is 5.97 Å². The van der Waals surface area contributed by atoms with Gasteiger partial charge in [-0.1, -0.05) is 13.0 Å². The molecule has 1 aromatic heterocycles. The SMILES string of the molecule is Cc1cc(C)c2cc(CC(C)C(=O)O)c(=O)n(C)c2c1. The van der Waals surface area contributed by atoms with Gasteiger partial charge in [-0.3, -0.25) is 9.59 Å². The number of hydrogen-bond acceptors (Lipinski definition) is 2. The van der Waals surface area contributed by atoms with E-state index in [1.807, 2.05) is 26.0 Å². The molecule has 0 saturated heterocycles. The standard InChI is InChI=1S/C16H19NO3/c1-9-5-10(2)13-8-12(7-11(3)16(19)20)15(18)17(4)14(13)6-9/h5-6,8,11H,7H2,1-4H3,(H,19,20). The molecule has 1 atom stereocenters. The molecule has 2 rings (SSSR count). The second kappa shape index (κ2) is 5.12. The number of hydrogen-bond donors (Lipinski definition) is 1. The van der Waals surface area contributed by atoms with Gasteiger partial charge in [0.15, 0.2) is 0 Å². The summed E-state index contributed by atoms with van der Waals surface area (Å²) in [5.41, 5.74) is 3.54. The molecule has 0 saturated carbocycles. The van der Waals surface area contributed by atoms with Crippen LogP contribution in [0.1, 0.15) is 23.6 Å². The molecule has 0 aliphatic rings. The van der Waals surface area contributed by atoms with Crippen LogP contribution in [0.3, 0.4) is 0 Å². The van der Waals surface area contributed by atoms with Crippen LogP contribution in [-0.2, 0) is 18.3 Å². The molecule has 0 aliphatic carbocycles. The smallest absolute Gasteiger partial charge is 0.306 e. The maximum atomic E-state index is 12.3. The Labute approximate surface area is 117 Å². The molecule has 1 N–H and O–H groups in total. The average molecular weight is 273 g/mol. The van der Waals surface area contributed by atoms with Crippen molar-refractivity contribution in [1.82, 2.24) is 4.57 Å². The molecule has 0 spiro atoms. The second-order valence-corrected chi connectivity index (χ2v) is 5.49. The minimum atomic E-state index is -0.882. The van der Waals surface area contributed by atoms with E-state index in [0.29, 0.717) is 5.56 Å². The Hall–Kier alpha value is -2.10. The lowest BCUT2D eigenvalue weighted by molar-refractivity contribution is -0.141. The molecule has 1 heterocycles. The quantitative estimate of drug-likeness (QED) is 0.934. The van der Waals surface area contributed by atoms with E-state index in [9.17, 15) is 9.59 Å². The number of aromatic nitrogens is 1. The fourth-order valence-electron chi connectivity index (χ4n) is 2.55. The predicted molar refractivity (Wildman–Crippen MR) is 79.2 cm³/mol. The molecule has 106 valence electrons. The van der Waals surface area contributed by atoms with Gasteiger partial charge in [0.25, 0.3) is 5.56 Å². The molecule has 20 heavy (non-hydrogen) atoms. The van der Waals surface area contributed by atoms with E-state index in [1.165, 1.54) is 0 Å². The molecule has 1 unspecified atom stereocenters. The van der Waals surface area contributed by atoms with Crippen molar-refractivity contribution >= 4 is 16.9 Å². The molecule has 4 nitrogen and oxygen atoms in total. The maximum Gasteiger partial charge on any atom is 0.306 e. The van der Waals surface area contributed by atoms with Crippen LogP contribution in [-0.4, -0.2) is 15.6 Å². The van der Waals surface area contributed by atoms with Crippen molar-refractivity contribution in [2.45, 2.75) is 27.2 Å². The summed E-state index contributed by atoms with van der Waals surface area (Å²) >= 11 is 0. The van der Waals surface area contributed by atoms with Crippen molar-refractivity contribution in [3.63, 3.8) is 0 Å². The molecular formula is C16H19NO3. The van der Waals surface area contributed by atoms with Crippen LogP contribution >= 0.6 is 0 Å². The Bertz CT molecular complexity index is 743. The topological polar surface area (TPSA) is 59.3 Å². The number of carbonyl (C=O) groups is 1. The summed E-state index contributed by atoms with van der Waals surface area (Å²) in [5, 5.41) is 10.0. The lowest BCUT2D eigenvalue weighted by Crippen LogP contribution is -2.25.